The number of fused-ring (bicyclic) bond motifs is 1. The molecule has 1 aromatic heterocycles. The number of hydrogen-bond acceptors (Lipinski definition) is 2. The molecular formula is C11H9BrN2O2. The van der Waals surface area contributed by atoms with E-state index < -0.39 is 4.92 Å². The molecule has 0 unspecified atom stereocenters. The van der Waals surface area contributed by atoms with Crippen molar-refractivity contribution in [2.24, 2.45) is 0 Å². The Bertz CT molecular complexity index is 587. The number of nitrogens with zero attached hydrogens (tertiary/aromatic N) is 1. The second-order valence-corrected chi connectivity index (χ2v) is 4.37. The highest BCUT2D eigenvalue weighted by Gasteiger charge is 2.06. The van der Waals surface area contributed by atoms with Gasteiger partial charge in [0.1, 0.15) is 0 Å². The zero-order valence-corrected chi connectivity index (χ0v) is 10.1. The molecule has 2 rings (SSSR count). The lowest BCUT2D eigenvalue weighted by molar-refractivity contribution is -0.400. The van der Waals surface area contributed by atoms with Crippen LogP contribution in [0.15, 0.2) is 28.9 Å². The van der Waals surface area contributed by atoms with Gasteiger partial charge < -0.3 is 4.98 Å². The van der Waals surface area contributed by atoms with Gasteiger partial charge in [0, 0.05) is 32.7 Å². The van der Waals surface area contributed by atoms with E-state index in [-0.39, 0.29) is 0 Å². The van der Waals surface area contributed by atoms with Crippen molar-refractivity contribution in [3.8, 4) is 0 Å². The average molecular weight is 281 g/mol. The number of nitrogens with one attached hydrogen (secondary N) is 1. The molecule has 0 bridgehead atoms. The summed E-state index contributed by atoms with van der Waals surface area (Å²) in [4.78, 5) is 13.0. The maximum atomic E-state index is 10.3. The van der Waals surface area contributed by atoms with E-state index in [2.05, 4.69) is 20.9 Å². The molecule has 16 heavy (non-hydrogen) atoms. The Kier molecular flexibility index (Phi) is 2.78. The standard InChI is InChI=1S/C11H9BrN2O2/c1-7-9(4-5-14(15)16)10-6-8(12)2-3-11(10)13-7/h2-6,13H,1H3. The van der Waals surface area contributed by atoms with Crippen molar-refractivity contribution >= 4 is 32.9 Å². The lowest BCUT2D eigenvalue weighted by Gasteiger charge is -1.93. The van der Waals surface area contributed by atoms with E-state index in [0.29, 0.717) is 0 Å². The summed E-state index contributed by atoms with van der Waals surface area (Å²) in [5, 5.41) is 11.3. The van der Waals surface area contributed by atoms with Crippen LogP contribution in [0.25, 0.3) is 17.0 Å². The Morgan fingerprint density at radius 1 is 1.50 bits per heavy atom. The third-order valence-electron chi connectivity index (χ3n) is 2.36. The highest BCUT2D eigenvalue weighted by molar-refractivity contribution is 9.10. The molecule has 2 aromatic rings. The highest BCUT2D eigenvalue weighted by Crippen LogP contribution is 2.26. The van der Waals surface area contributed by atoms with Crippen molar-refractivity contribution in [3.05, 3.63) is 50.2 Å². The van der Waals surface area contributed by atoms with Crippen molar-refractivity contribution in [1.29, 1.82) is 0 Å². The summed E-state index contributed by atoms with van der Waals surface area (Å²) in [6.45, 7) is 1.90. The summed E-state index contributed by atoms with van der Waals surface area (Å²) in [6, 6.07) is 5.81. The lowest BCUT2D eigenvalue weighted by atomic mass is 10.1. The Balaban J connectivity index is 2.62. The van der Waals surface area contributed by atoms with E-state index in [4.69, 9.17) is 0 Å². The number of nitro groups is 1. The molecule has 0 radical (unpaired) electrons. The van der Waals surface area contributed by atoms with Gasteiger partial charge in [0.2, 0.25) is 6.20 Å². The van der Waals surface area contributed by atoms with E-state index in [0.717, 1.165) is 32.8 Å². The van der Waals surface area contributed by atoms with E-state index in [9.17, 15) is 10.1 Å². The molecule has 0 saturated heterocycles. The molecule has 82 valence electrons. The Hall–Kier alpha value is -1.62. The predicted octanol–water partition coefficient (Wildman–Crippen LogP) is 3.49. The second kappa shape index (κ2) is 4.09. The quantitative estimate of drug-likeness (QED) is 0.676. The molecule has 0 amide bonds. The van der Waals surface area contributed by atoms with Crippen molar-refractivity contribution in [2.75, 3.05) is 0 Å². The number of benzene rings is 1. The molecule has 1 heterocycles. The van der Waals surface area contributed by atoms with Gasteiger partial charge in [-0.2, -0.15) is 0 Å². The van der Waals surface area contributed by atoms with E-state index >= 15 is 0 Å². The molecule has 0 aliphatic carbocycles. The summed E-state index contributed by atoms with van der Waals surface area (Å²) in [7, 11) is 0. The molecule has 0 saturated carbocycles. The Morgan fingerprint density at radius 2 is 2.25 bits per heavy atom. The summed E-state index contributed by atoms with van der Waals surface area (Å²) in [5.74, 6) is 0. The number of aryl methyl sites for hydroxylation is 1. The minimum atomic E-state index is -0.462. The normalized spacial score (nSPS) is 11.4. The molecule has 0 aliphatic rings. The van der Waals surface area contributed by atoms with Gasteiger partial charge in [0.25, 0.3) is 0 Å². The van der Waals surface area contributed by atoms with Gasteiger partial charge in [-0.3, -0.25) is 10.1 Å². The molecular weight excluding hydrogens is 272 g/mol. The number of aromatic amines is 1. The van der Waals surface area contributed by atoms with Crippen LogP contribution in [-0.4, -0.2) is 9.91 Å². The first-order valence-corrected chi connectivity index (χ1v) is 5.47. The Morgan fingerprint density at radius 3 is 2.94 bits per heavy atom. The maximum Gasteiger partial charge on any atom is 0.235 e. The van der Waals surface area contributed by atoms with E-state index in [1.54, 1.807) is 0 Å². The van der Waals surface area contributed by atoms with Crippen LogP contribution in [0, 0.1) is 17.0 Å². The van der Waals surface area contributed by atoms with Gasteiger partial charge in [-0.15, -0.1) is 0 Å². The van der Waals surface area contributed by atoms with Crippen LogP contribution in [-0.2, 0) is 0 Å². The van der Waals surface area contributed by atoms with Gasteiger partial charge in [0.05, 0.1) is 4.92 Å². The van der Waals surface area contributed by atoms with Gasteiger partial charge in [0.15, 0.2) is 0 Å². The summed E-state index contributed by atoms with van der Waals surface area (Å²) in [5.41, 5.74) is 2.75. The fraction of sp³-hybridized carbons (Fsp3) is 0.0909. The fourth-order valence-electron chi connectivity index (χ4n) is 1.67. The predicted molar refractivity (Wildman–Crippen MR) is 66.8 cm³/mol. The summed E-state index contributed by atoms with van der Waals surface area (Å²) >= 11 is 3.38. The zero-order chi connectivity index (χ0) is 11.7. The fourth-order valence-corrected chi connectivity index (χ4v) is 2.03. The van der Waals surface area contributed by atoms with Crippen LogP contribution in [0.3, 0.4) is 0 Å². The van der Waals surface area contributed by atoms with Crippen molar-refractivity contribution < 1.29 is 4.92 Å². The van der Waals surface area contributed by atoms with Crippen LogP contribution in [0.5, 0.6) is 0 Å². The molecule has 1 aromatic carbocycles. The number of halogens is 1. The van der Waals surface area contributed by atoms with Crippen LogP contribution in [0.4, 0.5) is 0 Å². The van der Waals surface area contributed by atoms with Gasteiger partial charge in [-0.25, -0.2) is 0 Å². The van der Waals surface area contributed by atoms with Crippen molar-refractivity contribution in [3.63, 3.8) is 0 Å². The SMILES string of the molecule is Cc1[nH]c2ccc(Br)cc2c1C=C[N+](=O)[O-]. The lowest BCUT2D eigenvalue weighted by Crippen LogP contribution is -1.83. The molecule has 1 N–H and O–H groups in total. The Labute approximate surface area is 100 Å². The molecule has 4 nitrogen and oxygen atoms in total. The number of aromatic nitrogens is 1. The third kappa shape index (κ3) is 1.99. The number of rotatable bonds is 2. The zero-order valence-electron chi connectivity index (χ0n) is 8.53. The molecule has 0 fully saturated rings. The van der Waals surface area contributed by atoms with Gasteiger partial charge in [-0.05, 0) is 25.1 Å². The molecule has 0 aliphatic heterocycles. The summed E-state index contributed by atoms with van der Waals surface area (Å²) < 4.78 is 0.953. The van der Waals surface area contributed by atoms with Crippen LogP contribution >= 0.6 is 15.9 Å². The third-order valence-corrected chi connectivity index (χ3v) is 2.85. The summed E-state index contributed by atoms with van der Waals surface area (Å²) in [6.07, 6.45) is 2.47. The molecule has 0 atom stereocenters. The van der Waals surface area contributed by atoms with Crippen molar-refractivity contribution in [2.45, 2.75) is 6.92 Å². The smallest absolute Gasteiger partial charge is 0.235 e. The minimum absolute atomic E-state index is 0.462. The number of H-pyrrole nitrogens is 1. The topological polar surface area (TPSA) is 58.9 Å². The van der Waals surface area contributed by atoms with Crippen LogP contribution in [0.1, 0.15) is 11.3 Å². The number of hydrogen-bond donors (Lipinski definition) is 1. The molecule has 0 spiro atoms. The first kappa shape index (κ1) is 10.9. The second-order valence-electron chi connectivity index (χ2n) is 3.45. The maximum absolute atomic E-state index is 10.3. The minimum Gasteiger partial charge on any atom is -0.358 e. The highest BCUT2D eigenvalue weighted by atomic mass is 79.9. The monoisotopic (exact) mass is 280 g/mol. The van der Waals surface area contributed by atoms with Crippen LogP contribution in [0.2, 0.25) is 0 Å². The van der Waals surface area contributed by atoms with Crippen LogP contribution < -0.4 is 0 Å². The van der Waals surface area contributed by atoms with Crippen molar-refractivity contribution in [1.82, 2.24) is 4.98 Å². The van der Waals surface area contributed by atoms with Gasteiger partial charge >= 0.3 is 0 Å². The first-order valence-electron chi connectivity index (χ1n) is 4.67. The van der Waals surface area contributed by atoms with E-state index in [1.165, 1.54) is 6.08 Å². The van der Waals surface area contributed by atoms with E-state index in [1.807, 2.05) is 25.1 Å². The van der Waals surface area contributed by atoms with Gasteiger partial charge in [-0.1, -0.05) is 15.9 Å². The first-order chi connectivity index (χ1) is 7.58. The average Bonchev–Trinajstić information content (AvgIpc) is 2.51. The largest absolute Gasteiger partial charge is 0.358 e. The molecule has 5 heteroatoms.